The van der Waals surface area contributed by atoms with Crippen molar-refractivity contribution in [3.05, 3.63) is 23.9 Å². The number of nitrogens with one attached hydrogen (secondary N) is 1. The molecule has 1 aromatic rings. The molecule has 2 aliphatic heterocycles. The van der Waals surface area contributed by atoms with Gasteiger partial charge in [0.25, 0.3) is 0 Å². The van der Waals surface area contributed by atoms with Gasteiger partial charge in [-0.3, -0.25) is 0 Å². The van der Waals surface area contributed by atoms with E-state index >= 15 is 0 Å². The molecule has 120 valence electrons. The minimum Gasteiger partial charge on any atom is -0.378 e. The number of anilines is 1. The van der Waals surface area contributed by atoms with Gasteiger partial charge in [-0.25, -0.2) is 9.78 Å². The first-order valence-corrected chi connectivity index (χ1v) is 7.72. The van der Waals surface area contributed by atoms with Gasteiger partial charge in [-0.2, -0.15) is 0 Å². The van der Waals surface area contributed by atoms with E-state index in [-0.39, 0.29) is 6.03 Å². The number of carbonyl (C=O) groups is 1. The highest BCUT2D eigenvalue weighted by atomic mass is 16.5. The predicted molar refractivity (Wildman–Crippen MR) is 81.9 cm³/mol. The van der Waals surface area contributed by atoms with Gasteiger partial charge in [0.15, 0.2) is 0 Å². The van der Waals surface area contributed by atoms with E-state index in [9.17, 15) is 4.79 Å². The summed E-state index contributed by atoms with van der Waals surface area (Å²) in [5.74, 6) is 0.946. The maximum atomic E-state index is 12.1. The Hall–Kier alpha value is -1.86. The molecule has 2 amide bonds. The Morgan fingerprint density at radius 3 is 2.50 bits per heavy atom. The number of ether oxygens (including phenoxy) is 2. The van der Waals surface area contributed by atoms with E-state index < -0.39 is 0 Å². The number of nitrogens with zero attached hydrogens (tertiary/aromatic N) is 3. The van der Waals surface area contributed by atoms with E-state index in [0.29, 0.717) is 32.8 Å². The van der Waals surface area contributed by atoms with Crippen LogP contribution in [0.25, 0.3) is 0 Å². The second-order valence-electron chi connectivity index (χ2n) is 5.34. The summed E-state index contributed by atoms with van der Waals surface area (Å²) in [6.45, 7) is 6.14. The Morgan fingerprint density at radius 2 is 1.77 bits per heavy atom. The minimum atomic E-state index is -0.0538. The molecule has 3 heterocycles. The number of morpholine rings is 2. The lowest BCUT2D eigenvalue weighted by atomic mass is 10.3. The van der Waals surface area contributed by atoms with E-state index in [0.717, 1.165) is 37.8 Å². The fraction of sp³-hybridized carbons (Fsp3) is 0.600. The summed E-state index contributed by atoms with van der Waals surface area (Å²) < 4.78 is 10.6. The van der Waals surface area contributed by atoms with Gasteiger partial charge in [0.1, 0.15) is 5.82 Å². The van der Waals surface area contributed by atoms with Gasteiger partial charge in [0.05, 0.1) is 38.7 Å². The standard InChI is InChI=1S/C15H22N4O3/c20-15(19-6-10-22-11-7-19)16-12-13-2-1-3-14(17-13)18-4-8-21-9-5-18/h1-3H,4-12H2,(H,16,20). The molecular weight excluding hydrogens is 284 g/mol. The topological polar surface area (TPSA) is 66.9 Å². The van der Waals surface area contributed by atoms with E-state index in [2.05, 4.69) is 15.2 Å². The zero-order chi connectivity index (χ0) is 15.2. The average Bonchev–Trinajstić information content (AvgIpc) is 2.61. The smallest absolute Gasteiger partial charge is 0.317 e. The Kier molecular flexibility index (Phi) is 5.07. The van der Waals surface area contributed by atoms with Crippen LogP contribution in [0.4, 0.5) is 10.6 Å². The molecule has 0 saturated carbocycles. The zero-order valence-electron chi connectivity index (χ0n) is 12.7. The molecular formula is C15H22N4O3. The maximum Gasteiger partial charge on any atom is 0.317 e. The normalized spacial score (nSPS) is 19.1. The highest BCUT2D eigenvalue weighted by Gasteiger charge is 2.17. The summed E-state index contributed by atoms with van der Waals surface area (Å²) in [4.78, 5) is 20.7. The molecule has 0 unspecified atom stereocenters. The number of rotatable bonds is 3. The summed E-state index contributed by atoms with van der Waals surface area (Å²) in [5, 5.41) is 2.92. The van der Waals surface area contributed by atoms with Gasteiger partial charge in [-0.1, -0.05) is 6.07 Å². The number of amides is 2. The highest BCUT2D eigenvalue weighted by Crippen LogP contribution is 2.13. The van der Waals surface area contributed by atoms with Gasteiger partial charge in [-0.05, 0) is 12.1 Å². The molecule has 7 heteroatoms. The van der Waals surface area contributed by atoms with Crippen LogP contribution < -0.4 is 10.2 Å². The van der Waals surface area contributed by atoms with Crippen molar-refractivity contribution in [2.75, 3.05) is 57.5 Å². The number of pyridine rings is 1. The van der Waals surface area contributed by atoms with Gasteiger partial charge < -0.3 is 24.6 Å². The quantitative estimate of drug-likeness (QED) is 0.879. The third-order valence-corrected chi connectivity index (χ3v) is 3.85. The number of hydrogen-bond donors (Lipinski definition) is 1. The molecule has 2 fully saturated rings. The summed E-state index contributed by atoms with van der Waals surface area (Å²) in [6.07, 6.45) is 0. The van der Waals surface area contributed by atoms with Crippen molar-refractivity contribution in [2.45, 2.75) is 6.54 Å². The van der Waals surface area contributed by atoms with Gasteiger partial charge in [-0.15, -0.1) is 0 Å². The van der Waals surface area contributed by atoms with Crippen LogP contribution in [0.1, 0.15) is 5.69 Å². The Balaban J connectivity index is 1.54. The van der Waals surface area contributed by atoms with Crippen molar-refractivity contribution in [1.82, 2.24) is 15.2 Å². The highest BCUT2D eigenvalue weighted by molar-refractivity contribution is 5.74. The lowest BCUT2D eigenvalue weighted by Gasteiger charge is -2.28. The number of urea groups is 1. The first-order valence-electron chi connectivity index (χ1n) is 7.72. The largest absolute Gasteiger partial charge is 0.378 e. The molecule has 0 atom stereocenters. The van der Waals surface area contributed by atoms with E-state index in [1.165, 1.54) is 0 Å². The first-order chi connectivity index (χ1) is 10.8. The van der Waals surface area contributed by atoms with Gasteiger partial charge in [0, 0.05) is 26.2 Å². The SMILES string of the molecule is O=C(NCc1cccc(N2CCOCC2)n1)N1CCOCC1. The summed E-state index contributed by atoms with van der Waals surface area (Å²) >= 11 is 0. The molecule has 2 saturated heterocycles. The predicted octanol–water partition coefficient (Wildman–Crippen LogP) is 0.460. The molecule has 0 bridgehead atoms. The summed E-state index contributed by atoms with van der Waals surface area (Å²) in [5.41, 5.74) is 0.866. The zero-order valence-corrected chi connectivity index (χ0v) is 12.7. The Bertz CT molecular complexity index is 499. The monoisotopic (exact) mass is 306 g/mol. The fourth-order valence-electron chi connectivity index (χ4n) is 2.58. The number of aromatic nitrogens is 1. The summed E-state index contributed by atoms with van der Waals surface area (Å²) in [6, 6.07) is 5.86. The minimum absolute atomic E-state index is 0.0538. The van der Waals surface area contributed by atoms with Gasteiger partial charge in [0.2, 0.25) is 0 Å². The lowest BCUT2D eigenvalue weighted by molar-refractivity contribution is 0.0531. The third-order valence-electron chi connectivity index (χ3n) is 3.85. The fourth-order valence-corrected chi connectivity index (χ4v) is 2.58. The lowest BCUT2D eigenvalue weighted by Crippen LogP contribution is -2.46. The van der Waals surface area contributed by atoms with E-state index in [1.807, 2.05) is 18.2 Å². The van der Waals surface area contributed by atoms with Crippen LogP contribution in [0.15, 0.2) is 18.2 Å². The van der Waals surface area contributed by atoms with Crippen LogP contribution >= 0.6 is 0 Å². The van der Waals surface area contributed by atoms with E-state index in [4.69, 9.17) is 9.47 Å². The molecule has 0 aromatic carbocycles. The van der Waals surface area contributed by atoms with Crippen molar-refractivity contribution in [1.29, 1.82) is 0 Å². The second kappa shape index (κ2) is 7.42. The van der Waals surface area contributed by atoms with Gasteiger partial charge >= 0.3 is 6.03 Å². The van der Waals surface area contributed by atoms with Crippen LogP contribution in [0.2, 0.25) is 0 Å². The third kappa shape index (κ3) is 3.86. The van der Waals surface area contributed by atoms with Crippen molar-refractivity contribution >= 4 is 11.8 Å². The molecule has 0 radical (unpaired) electrons. The van der Waals surface area contributed by atoms with Crippen LogP contribution in [0.3, 0.4) is 0 Å². The van der Waals surface area contributed by atoms with Crippen LogP contribution in [-0.2, 0) is 16.0 Å². The van der Waals surface area contributed by atoms with E-state index in [1.54, 1.807) is 4.90 Å². The molecule has 2 aliphatic rings. The number of hydrogen-bond acceptors (Lipinski definition) is 5. The van der Waals surface area contributed by atoms with Crippen molar-refractivity contribution in [2.24, 2.45) is 0 Å². The second-order valence-corrected chi connectivity index (χ2v) is 5.34. The molecule has 3 rings (SSSR count). The van der Waals surface area contributed by atoms with Crippen molar-refractivity contribution < 1.29 is 14.3 Å². The van der Waals surface area contributed by atoms with Crippen LogP contribution in [0, 0.1) is 0 Å². The molecule has 0 spiro atoms. The van der Waals surface area contributed by atoms with Crippen LogP contribution in [-0.4, -0.2) is 68.5 Å². The van der Waals surface area contributed by atoms with Crippen molar-refractivity contribution in [3.8, 4) is 0 Å². The molecule has 1 N–H and O–H groups in total. The molecule has 7 nitrogen and oxygen atoms in total. The molecule has 0 aliphatic carbocycles. The van der Waals surface area contributed by atoms with Crippen molar-refractivity contribution in [3.63, 3.8) is 0 Å². The molecule has 22 heavy (non-hydrogen) atoms. The van der Waals surface area contributed by atoms with Crippen LogP contribution in [0.5, 0.6) is 0 Å². The number of carbonyl (C=O) groups excluding carboxylic acids is 1. The maximum absolute atomic E-state index is 12.1. The Morgan fingerprint density at radius 1 is 1.09 bits per heavy atom. The molecule has 1 aromatic heterocycles. The Labute approximate surface area is 130 Å². The summed E-state index contributed by atoms with van der Waals surface area (Å²) in [7, 11) is 0. The average molecular weight is 306 g/mol. The first kappa shape index (κ1) is 15.1.